The Kier molecular flexibility index (Phi) is 7.62. The van der Waals surface area contributed by atoms with E-state index in [1.54, 1.807) is 11.8 Å². The molecule has 8 heteroatoms. The maximum Gasteiger partial charge on any atom is 0.270 e. The molecule has 1 N–H and O–H groups in total. The third-order valence-electron chi connectivity index (χ3n) is 4.23. The summed E-state index contributed by atoms with van der Waals surface area (Å²) in [6, 6.07) is 10.1. The molecule has 1 amide bonds. The summed E-state index contributed by atoms with van der Waals surface area (Å²) in [5.41, 5.74) is 1.53. The van der Waals surface area contributed by atoms with E-state index in [0.717, 1.165) is 34.5 Å². The molecule has 148 valence electrons. The Hall–Kier alpha value is -2.19. The van der Waals surface area contributed by atoms with Crippen LogP contribution in [0.15, 0.2) is 40.9 Å². The summed E-state index contributed by atoms with van der Waals surface area (Å²) < 4.78 is 2.03. The van der Waals surface area contributed by atoms with Crippen LogP contribution in [0.25, 0.3) is 5.69 Å². The predicted octanol–water partition coefficient (Wildman–Crippen LogP) is 4.63. The molecule has 2 heterocycles. The van der Waals surface area contributed by atoms with Crippen molar-refractivity contribution in [3.05, 3.63) is 52.2 Å². The SMILES string of the molecule is CCCCCCNC(=O)c1csc(CSc2nnc(C)n2-c2ccccc2)n1. The Labute approximate surface area is 173 Å². The lowest BCUT2D eigenvalue weighted by Crippen LogP contribution is -2.24. The van der Waals surface area contributed by atoms with Crippen molar-refractivity contribution in [2.45, 2.75) is 50.4 Å². The van der Waals surface area contributed by atoms with Crippen LogP contribution in [0.2, 0.25) is 0 Å². The largest absolute Gasteiger partial charge is 0.351 e. The van der Waals surface area contributed by atoms with Gasteiger partial charge in [0.25, 0.3) is 5.91 Å². The number of hydrogen-bond acceptors (Lipinski definition) is 6. The van der Waals surface area contributed by atoms with Gasteiger partial charge in [-0.05, 0) is 25.5 Å². The molecule has 2 aromatic heterocycles. The van der Waals surface area contributed by atoms with Gasteiger partial charge in [0, 0.05) is 17.6 Å². The first-order valence-corrected chi connectivity index (χ1v) is 11.4. The minimum atomic E-state index is -0.0905. The molecule has 0 aliphatic carbocycles. The smallest absolute Gasteiger partial charge is 0.270 e. The van der Waals surface area contributed by atoms with Crippen molar-refractivity contribution in [2.75, 3.05) is 6.54 Å². The molecule has 0 fully saturated rings. The number of carbonyl (C=O) groups is 1. The van der Waals surface area contributed by atoms with Crippen molar-refractivity contribution >= 4 is 29.0 Å². The molecule has 0 radical (unpaired) electrons. The molecule has 3 rings (SSSR count). The number of thiazole rings is 1. The Morgan fingerprint density at radius 2 is 2.00 bits per heavy atom. The predicted molar refractivity (Wildman–Crippen MR) is 114 cm³/mol. The van der Waals surface area contributed by atoms with Gasteiger partial charge in [0.15, 0.2) is 5.16 Å². The van der Waals surface area contributed by atoms with Crippen LogP contribution >= 0.6 is 23.1 Å². The lowest BCUT2D eigenvalue weighted by atomic mass is 10.2. The molecule has 0 aliphatic rings. The second-order valence-electron chi connectivity index (χ2n) is 6.43. The number of hydrogen-bond donors (Lipinski definition) is 1. The number of rotatable bonds is 10. The topological polar surface area (TPSA) is 72.7 Å². The lowest BCUT2D eigenvalue weighted by Gasteiger charge is -2.07. The molecular formula is C20H25N5OS2. The molecule has 3 aromatic rings. The van der Waals surface area contributed by atoms with Crippen LogP contribution in [0.5, 0.6) is 0 Å². The molecule has 0 spiro atoms. The number of aromatic nitrogens is 4. The molecule has 1 aromatic carbocycles. The molecule has 0 atom stereocenters. The number of benzene rings is 1. The van der Waals surface area contributed by atoms with Gasteiger partial charge in [-0.25, -0.2) is 4.98 Å². The van der Waals surface area contributed by atoms with Gasteiger partial charge in [-0.3, -0.25) is 9.36 Å². The van der Waals surface area contributed by atoms with Gasteiger partial charge in [0.05, 0.1) is 5.75 Å². The minimum absolute atomic E-state index is 0.0905. The van der Waals surface area contributed by atoms with Crippen LogP contribution in [0, 0.1) is 6.92 Å². The summed E-state index contributed by atoms with van der Waals surface area (Å²) in [4.78, 5) is 16.7. The summed E-state index contributed by atoms with van der Waals surface area (Å²) in [6.07, 6.45) is 4.57. The van der Waals surface area contributed by atoms with E-state index < -0.39 is 0 Å². The number of carbonyl (C=O) groups excluding carboxylic acids is 1. The molecule has 0 saturated carbocycles. The van der Waals surface area contributed by atoms with E-state index >= 15 is 0 Å². The minimum Gasteiger partial charge on any atom is -0.351 e. The van der Waals surface area contributed by atoms with Crippen LogP contribution < -0.4 is 5.32 Å². The van der Waals surface area contributed by atoms with Gasteiger partial charge in [0.1, 0.15) is 16.5 Å². The number of amides is 1. The van der Waals surface area contributed by atoms with E-state index in [1.165, 1.54) is 24.2 Å². The number of aryl methyl sites for hydroxylation is 1. The highest BCUT2D eigenvalue weighted by molar-refractivity contribution is 7.98. The maximum atomic E-state index is 12.2. The fourth-order valence-electron chi connectivity index (χ4n) is 2.76. The zero-order valence-electron chi connectivity index (χ0n) is 16.2. The van der Waals surface area contributed by atoms with Gasteiger partial charge in [0.2, 0.25) is 0 Å². The first-order valence-electron chi connectivity index (χ1n) is 9.52. The van der Waals surface area contributed by atoms with Crippen molar-refractivity contribution in [1.82, 2.24) is 25.1 Å². The van der Waals surface area contributed by atoms with Crippen LogP contribution in [-0.4, -0.2) is 32.2 Å². The quantitative estimate of drug-likeness (QED) is 0.386. The Balaban J connectivity index is 1.56. The highest BCUT2D eigenvalue weighted by Crippen LogP contribution is 2.26. The van der Waals surface area contributed by atoms with Crippen molar-refractivity contribution < 1.29 is 4.79 Å². The summed E-state index contributed by atoms with van der Waals surface area (Å²) in [6.45, 7) is 4.83. The summed E-state index contributed by atoms with van der Waals surface area (Å²) in [7, 11) is 0. The highest BCUT2D eigenvalue weighted by atomic mass is 32.2. The molecule has 6 nitrogen and oxygen atoms in total. The van der Waals surface area contributed by atoms with Crippen molar-refractivity contribution in [1.29, 1.82) is 0 Å². The zero-order chi connectivity index (χ0) is 19.8. The van der Waals surface area contributed by atoms with E-state index in [2.05, 4.69) is 27.4 Å². The Morgan fingerprint density at radius 1 is 1.18 bits per heavy atom. The molecule has 0 aliphatic heterocycles. The standard InChI is InChI=1S/C20H25N5OS2/c1-3-4-5-9-12-21-19(26)17-13-27-18(22-17)14-28-20-24-23-15(2)25(20)16-10-7-6-8-11-16/h6-8,10-11,13H,3-5,9,12,14H2,1-2H3,(H,21,26). The fraction of sp³-hybridized carbons (Fsp3) is 0.400. The molecule has 28 heavy (non-hydrogen) atoms. The average Bonchev–Trinajstić information content (AvgIpc) is 3.33. The monoisotopic (exact) mass is 415 g/mol. The first kappa shape index (κ1) is 20.5. The zero-order valence-corrected chi connectivity index (χ0v) is 17.9. The summed E-state index contributed by atoms with van der Waals surface area (Å²) >= 11 is 3.08. The van der Waals surface area contributed by atoms with Crippen molar-refractivity contribution in [2.24, 2.45) is 0 Å². The number of para-hydroxylation sites is 1. The normalized spacial score (nSPS) is 10.9. The molecule has 0 bridgehead atoms. The van der Waals surface area contributed by atoms with Gasteiger partial charge in [-0.2, -0.15) is 0 Å². The fourth-order valence-corrected chi connectivity index (χ4v) is 4.55. The van der Waals surface area contributed by atoms with Crippen LogP contribution in [0.4, 0.5) is 0 Å². The van der Waals surface area contributed by atoms with Gasteiger partial charge in [-0.1, -0.05) is 56.1 Å². The molecule has 0 unspecified atom stereocenters. The van der Waals surface area contributed by atoms with Crippen molar-refractivity contribution in [3.8, 4) is 5.69 Å². The number of unbranched alkanes of at least 4 members (excludes halogenated alkanes) is 3. The number of nitrogens with one attached hydrogen (secondary N) is 1. The van der Waals surface area contributed by atoms with Crippen LogP contribution in [0.1, 0.15) is 53.9 Å². The Morgan fingerprint density at radius 3 is 2.79 bits per heavy atom. The van der Waals surface area contributed by atoms with E-state index in [-0.39, 0.29) is 5.91 Å². The van der Waals surface area contributed by atoms with Crippen molar-refractivity contribution in [3.63, 3.8) is 0 Å². The van der Waals surface area contributed by atoms with Gasteiger partial charge >= 0.3 is 0 Å². The second kappa shape index (κ2) is 10.4. The van der Waals surface area contributed by atoms with E-state index in [4.69, 9.17) is 0 Å². The van der Waals surface area contributed by atoms with E-state index in [9.17, 15) is 4.79 Å². The third-order valence-corrected chi connectivity index (χ3v) is 6.21. The lowest BCUT2D eigenvalue weighted by molar-refractivity contribution is 0.0948. The van der Waals surface area contributed by atoms with E-state index in [1.807, 2.05) is 47.2 Å². The van der Waals surface area contributed by atoms with Crippen LogP contribution in [0.3, 0.4) is 0 Å². The maximum absolute atomic E-state index is 12.2. The second-order valence-corrected chi connectivity index (χ2v) is 8.32. The highest BCUT2D eigenvalue weighted by Gasteiger charge is 2.14. The Bertz CT molecular complexity index is 891. The van der Waals surface area contributed by atoms with Gasteiger partial charge in [-0.15, -0.1) is 21.5 Å². The van der Waals surface area contributed by atoms with Gasteiger partial charge < -0.3 is 5.32 Å². The molecular weight excluding hydrogens is 390 g/mol. The van der Waals surface area contributed by atoms with E-state index in [0.29, 0.717) is 18.0 Å². The first-order chi connectivity index (χ1) is 13.7. The molecule has 0 saturated heterocycles. The van der Waals surface area contributed by atoms with Crippen LogP contribution in [-0.2, 0) is 5.75 Å². The average molecular weight is 416 g/mol. The summed E-state index contributed by atoms with van der Waals surface area (Å²) in [5.74, 6) is 1.41. The summed E-state index contributed by atoms with van der Waals surface area (Å²) in [5, 5.41) is 15.0. The number of thioether (sulfide) groups is 1. The number of nitrogens with zero attached hydrogens (tertiary/aromatic N) is 4. The third kappa shape index (κ3) is 5.42.